The highest BCUT2D eigenvalue weighted by Gasteiger charge is 2.53. The van der Waals surface area contributed by atoms with Crippen LogP contribution in [-0.4, -0.2) is 41.1 Å². The monoisotopic (exact) mass is 388 g/mol. The van der Waals surface area contributed by atoms with Crippen LogP contribution < -0.4 is 10.6 Å². The van der Waals surface area contributed by atoms with E-state index in [-0.39, 0.29) is 23.9 Å². The van der Waals surface area contributed by atoms with E-state index in [9.17, 15) is 9.18 Å². The quantitative estimate of drug-likeness (QED) is 0.716. The zero-order valence-electron chi connectivity index (χ0n) is 15.8. The normalized spacial score (nSPS) is 22.7. The minimum absolute atomic E-state index is 0.110. The summed E-state index contributed by atoms with van der Waals surface area (Å²) >= 11 is 0. The predicted molar refractivity (Wildman–Crippen MR) is 110 cm³/mol. The second-order valence-corrected chi connectivity index (χ2v) is 7.53. The van der Waals surface area contributed by atoms with Gasteiger partial charge in [0, 0.05) is 37.1 Å². The number of nitrogens with one attached hydrogen (secondary N) is 2. The number of hydrogen-bond acceptors (Lipinski definition) is 3. The maximum absolute atomic E-state index is 13.1. The molecule has 0 aliphatic carbocycles. The van der Waals surface area contributed by atoms with Gasteiger partial charge in [0.2, 0.25) is 0 Å². The molecule has 2 aliphatic rings. The molecular weight excluding hydrogens is 367 g/mol. The van der Waals surface area contributed by atoms with E-state index >= 15 is 0 Å². The molecule has 3 heterocycles. The number of benzene rings is 2. The second-order valence-electron chi connectivity index (χ2n) is 7.53. The first-order valence-corrected chi connectivity index (χ1v) is 9.77. The number of pyridine rings is 1. The standard InChI is InChI=1S/C23H21FN4O/c24-18-7-9-19(10-8-18)27-23(29)28-20-13-26-14-21(28)22(20)16-5-3-15(4-6-16)17-2-1-11-25-12-17/h1-12,20-22,26H,13-14H2,(H,27,29)/t20-,21+,22?. The number of amides is 2. The average Bonchev–Trinajstić information content (AvgIpc) is 2.77. The van der Waals surface area contributed by atoms with Gasteiger partial charge in [-0.3, -0.25) is 4.98 Å². The van der Waals surface area contributed by atoms with Gasteiger partial charge in [-0.1, -0.05) is 30.3 Å². The molecule has 2 N–H and O–H groups in total. The second kappa shape index (κ2) is 7.29. The van der Waals surface area contributed by atoms with Crippen LogP contribution in [0.15, 0.2) is 73.1 Å². The third-order valence-electron chi connectivity index (χ3n) is 5.87. The summed E-state index contributed by atoms with van der Waals surface area (Å²) in [6.07, 6.45) is 3.63. The van der Waals surface area contributed by atoms with Gasteiger partial charge in [-0.25, -0.2) is 9.18 Å². The van der Waals surface area contributed by atoms with E-state index in [0.717, 1.165) is 24.2 Å². The summed E-state index contributed by atoms with van der Waals surface area (Å²) in [4.78, 5) is 18.9. The number of nitrogens with zero attached hydrogens (tertiary/aromatic N) is 2. The molecule has 2 saturated heterocycles. The number of rotatable bonds is 3. The van der Waals surface area contributed by atoms with Gasteiger partial charge in [-0.2, -0.15) is 0 Å². The van der Waals surface area contributed by atoms with Crippen molar-refractivity contribution in [2.24, 2.45) is 0 Å². The van der Waals surface area contributed by atoms with E-state index in [2.05, 4.69) is 39.9 Å². The van der Waals surface area contributed by atoms with Crippen LogP contribution >= 0.6 is 0 Å². The molecule has 5 nitrogen and oxygen atoms in total. The summed E-state index contributed by atoms with van der Waals surface area (Å²) in [6.45, 7) is 1.53. The van der Waals surface area contributed by atoms with Crippen LogP contribution in [0.1, 0.15) is 11.5 Å². The number of fused-ring (bicyclic) bond motifs is 2. The van der Waals surface area contributed by atoms with Crippen LogP contribution in [0.5, 0.6) is 0 Å². The highest BCUT2D eigenvalue weighted by atomic mass is 19.1. The molecule has 0 saturated carbocycles. The number of carbonyl (C=O) groups is 1. The van der Waals surface area contributed by atoms with Crippen LogP contribution in [0.25, 0.3) is 11.1 Å². The van der Waals surface area contributed by atoms with Crippen LogP contribution in [0.3, 0.4) is 0 Å². The van der Waals surface area contributed by atoms with Gasteiger partial charge in [0.1, 0.15) is 5.82 Å². The number of piperidine rings is 1. The molecule has 6 heteroatoms. The smallest absolute Gasteiger partial charge is 0.315 e. The Labute approximate surface area is 168 Å². The highest BCUT2D eigenvalue weighted by molar-refractivity contribution is 5.91. The van der Waals surface area contributed by atoms with Gasteiger partial charge >= 0.3 is 6.03 Å². The van der Waals surface area contributed by atoms with Crippen LogP contribution in [0.4, 0.5) is 14.9 Å². The van der Waals surface area contributed by atoms with Crippen molar-refractivity contribution in [1.29, 1.82) is 0 Å². The summed E-state index contributed by atoms with van der Waals surface area (Å²) in [5.74, 6) is 0.000907. The van der Waals surface area contributed by atoms with E-state index in [1.54, 1.807) is 18.3 Å². The Bertz CT molecular complexity index is 995. The van der Waals surface area contributed by atoms with Gasteiger partial charge in [0.05, 0.1) is 12.1 Å². The molecule has 5 rings (SSSR count). The lowest BCUT2D eigenvalue weighted by Crippen LogP contribution is -2.74. The van der Waals surface area contributed by atoms with Crippen molar-refractivity contribution < 1.29 is 9.18 Å². The fourth-order valence-corrected chi connectivity index (χ4v) is 4.47. The van der Waals surface area contributed by atoms with Crippen molar-refractivity contribution in [3.8, 4) is 11.1 Å². The van der Waals surface area contributed by atoms with Gasteiger partial charge < -0.3 is 15.5 Å². The van der Waals surface area contributed by atoms with Crippen molar-refractivity contribution in [2.75, 3.05) is 18.4 Å². The summed E-state index contributed by atoms with van der Waals surface area (Å²) < 4.78 is 13.1. The zero-order chi connectivity index (χ0) is 19.8. The summed E-state index contributed by atoms with van der Waals surface area (Å²) in [5.41, 5.74) is 4.08. The molecule has 146 valence electrons. The summed E-state index contributed by atoms with van der Waals surface area (Å²) in [7, 11) is 0. The third-order valence-corrected chi connectivity index (χ3v) is 5.87. The van der Waals surface area contributed by atoms with E-state index in [4.69, 9.17) is 0 Å². The van der Waals surface area contributed by atoms with Gasteiger partial charge in [0.15, 0.2) is 0 Å². The number of carbonyl (C=O) groups excluding carboxylic acids is 1. The molecule has 2 fully saturated rings. The van der Waals surface area contributed by atoms with Crippen LogP contribution in [0, 0.1) is 5.82 Å². The number of piperazine rings is 1. The topological polar surface area (TPSA) is 57.3 Å². The maximum atomic E-state index is 13.1. The Morgan fingerprint density at radius 1 is 1.00 bits per heavy atom. The number of aromatic nitrogens is 1. The average molecular weight is 388 g/mol. The number of urea groups is 1. The Morgan fingerprint density at radius 2 is 1.72 bits per heavy atom. The number of anilines is 1. The zero-order valence-corrected chi connectivity index (χ0v) is 15.8. The lowest BCUT2D eigenvalue weighted by molar-refractivity contribution is 0.00202. The van der Waals surface area contributed by atoms with Crippen molar-refractivity contribution in [3.63, 3.8) is 0 Å². The van der Waals surface area contributed by atoms with E-state index in [0.29, 0.717) is 11.6 Å². The van der Waals surface area contributed by atoms with Gasteiger partial charge in [-0.15, -0.1) is 0 Å². The predicted octanol–water partition coefficient (Wildman–Crippen LogP) is 3.86. The van der Waals surface area contributed by atoms with Crippen LogP contribution in [-0.2, 0) is 0 Å². The molecule has 2 aliphatic heterocycles. The fraction of sp³-hybridized carbons (Fsp3) is 0.217. The molecule has 29 heavy (non-hydrogen) atoms. The molecule has 0 radical (unpaired) electrons. The first-order valence-electron chi connectivity index (χ1n) is 9.77. The molecule has 1 aromatic heterocycles. The first kappa shape index (κ1) is 17.8. The van der Waals surface area contributed by atoms with Crippen molar-refractivity contribution in [1.82, 2.24) is 15.2 Å². The molecule has 3 atom stereocenters. The first-order chi connectivity index (χ1) is 14.2. The lowest BCUT2D eigenvalue weighted by atomic mass is 9.72. The molecule has 2 bridgehead atoms. The van der Waals surface area contributed by atoms with Crippen molar-refractivity contribution >= 4 is 11.7 Å². The molecule has 0 spiro atoms. The van der Waals surface area contributed by atoms with E-state index in [1.165, 1.54) is 17.7 Å². The number of hydrogen-bond donors (Lipinski definition) is 2. The summed E-state index contributed by atoms with van der Waals surface area (Å²) in [6, 6.07) is 18.5. The van der Waals surface area contributed by atoms with Crippen molar-refractivity contribution in [2.45, 2.75) is 18.0 Å². The maximum Gasteiger partial charge on any atom is 0.322 e. The van der Waals surface area contributed by atoms with Gasteiger partial charge in [-0.05, 0) is 47.0 Å². The summed E-state index contributed by atoms with van der Waals surface area (Å²) in [5, 5.41) is 6.29. The Morgan fingerprint density at radius 3 is 2.38 bits per heavy atom. The molecule has 1 unspecified atom stereocenters. The third kappa shape index (κ3) is 3.25. The SMILES string of the molecule is O=C(Nc1ccc(F)cc1)N1[C@@H]2CNC[C@H]1C2c1ccc(-c2cccnc2)cc1. The van der Waals surface area contributed by atoms with Crippen molar-refractivity contribution in [3.05, 3.63) is 84.4 Å². The van der Waals surface area contributed by atoms with E-state index < -0.39 is 0 Å². The molecule has 3 aromatic rings. The van der Waals surface area contributed by atoms with Crippen LogP contribution in [0.2, 0.25) is 0 Å². The minimum atomic E-state index is -0.317. The molecular formula is C23H21FN4O. The Hall–Kier alpha value is -3.25. The Balaban J connectivity index is 1.31. The van der Waals surface area contributed by atoms with E-state index in [1.807, 2.05) is 23.2 Å². The Kier molecular flexibility index (Phi) is 4.48. The minimum Gasteiger partial charge on any atom is -0.315 e. The largest absolute Gasteiger partial charge is 0.322 e. The number of halogens is 1. The molecule has 2 amide bonds. The lowest BCUT2D eigenvalue weighted by Gasteiger charge is -2.59. The molecule has 2 aromatic carbocycles. The highest BCUT2D eigenvalue weighted by Crippen LogP contribution is 2.43. The fourth-order valence-electron chi connectivity index (χ4n) is 4.47. The van der Waals surface area contributed by atoms with Gasteiger partial charge in [0.25, 0.3) is 0 Å².